The van der Waals surface area contributed by atoms with Crippen molar-refractivity contribution in [1.29, 1.82) is 0 Å². The molecular formula is C27H31ClN4O4. The van der Waals surface area contributed by atoms with Crippen LogP contribution < -0.4 is 5.32 Å². The second-order valence-electron chi connectivity index (χ2n) is 10.1. The molecule has 8 nitrogen and oxygen atoms in total. The van der Waals surface area contributed by atoms with Crippen LogP contribution in [0.15, 0.2) is 47.0 Å². The molecule has 1 unspecified atom stereocenters. The number of nitrogens with one attached hydrogen (secondary N) is 1. The molecule has 9 heteroatoms. The smallest absolute Gasteiger partial charge is 0.337 e. The van der Waals surface area contributed by atoms with Gasteiger partial charge in [0, 0.05) is 12.1 Å². The predicted octanol–water partition coefficient (Wildman–Crippen LogP) is 5.32. The lowest BCUT2D eigenvalue weighted by atomic mass is 9.87. The van der Waals surface area contributed by atoms with Gasteiger partial charge in [0.15, 0.2) is 0 Å². The molecule has 1 aliphatic heterocycles. The van der Waals surface area contributed by atoms with Gasteiger partial charge in [-0.2, -0.15) is 4.98 Å². The van der Waals surface area contributed by atoms with Crippen LogP contribution >= 0.6 is 11.6 Å². The SMILES string of the molecule is COC(=O)c1ccc(Cl)c(NC(=O)C2CCCN(Cc3nc(-c4ccc(C(C)(C)C)cc4)no3)C2)c1. The van der Waals surface area contributed by atoms with Crippen molar-refractivity contribution in [1.82, 2.24) is 15.0 Å². The number of anilines is 1. The van der Waals surface area contributed by atoms with E-state index in [4.69, 9.17) is 20.9 Å². The predicted molar refractivity (Wildman–Crippen MR) is 138 cm³/mol. The number of methoxy groups -OCH3 is 1. The number of hydrogen-bond donors (Lipinski definition) is 1. The summed E-state index contributed by atoms with van der Waals surface area (Å²) in [6, 6.07) is 12.9. The van der Waals surface area contributed by atoms with Crippen LogP contribution in [0.25, 0.3) is 11.4 Å². The van der Waals surface area contributed by atoms with Crippen molar-refractivity contribution in [3.8, 4) is 11.4 Å². The number of piperidine rings is 1. The fourth-order valence-electron chi connectivity index (χ4n) is 4.26. The molecule has 3 aromatic rings. The second kappa shape index (κ2) is 10.8. The third-order valence-corrected chi connectivity index (χ3v) is 6.69. The van der Waals surface area contributed by atoms with Crippen LogP contribution in [0.5, 0.6) is 0 Å². The van der Waals surface area contributed by atoms with Gasteiger partial charge in [-0.15, -0.1) is 0 Å². The lowest BCUT2D eigenvalue weighted by Gasteiger charge is -2.31. The van der Waals surface area contributed by atoms with E-state index < -0.39 is 5.97 Å². The summed E-state index contributed by atoms with van der Waals surface area (Å²) in [5.41, 5.74) is 2.93. The molecule has 1 saturated heterocycles. The normalized spacial score (nSPS) is 16.5. The summed E-state index contributed by atoms with van der Waals surface area (Å²) in [6.07, 6.45) is 1.62. The minimum atomic E-state index is -0.491. The molecule has 1 fully saturated rings. The summed E-state index contributed by atoms with van der Waals surface area (Å²) in [4.78, 5) is 31.5. The number of aromatic nitrogens is 2. The highest BCUT2D eigenvalue weighted by molar-refractivity contribution is 6.33. The Morgan fingerprint density at radius 1 is 1.19 bits per heavy atom. The highest BCUT2D eigenvalue weighted by atomic mass is 35.5. The molecule has 4 rings (SSSR count). The largest absolute Gasteiger partial charge is 0.465 e. The molecule has 0 spiro atoms. The lowest BCUT2D eigenvalue weighted by Crippen LogP contribution is -2.40. The molecular weight excluding hydrogens is 480 g/mol. The molecule has 2 heterocycles. The molecule has 1 aromatic heterocycles. The first-order chi connectivity index (χ1) is 17.1. The van der Waals surface area contributed by atoms with Crippen molar-refractivity contribution in [2.75, 3.05) is 25.5 Å². The van der Waals surface area contributed by atoms with E-state index in [1.165, 1.54) is 18.7 Å². The third-order valence-electron chi connectivity index (χ3n) is 6.36. The van der Waals surface area contributed by atoms with Gasteiger partial charge in [-0.25, -0.2) is 4.79 Å². The zero-order valence-corrected chi connectivity index (χ0v) is 21.8. The minimum absolute atomic E-state index is 0.0769. The van der Waals surface area contributed by atoms with E-state index in [-0.39, 0.29) is 17.2 Å². The van der Waals surface area contributed by atoms with E-state index in [0.29, 0.717) is 41.1 Å². The van der Waals surface area contributed by atoms with Gasteiger partial charge in [-0.05, 0) is 48.6 Å². The lowest BCUT2D eigenvalue weighted by molar-refractivity contribution is -0.121. The van der Waals surface area contributed by atoms with Crippen LogP contribution in [0, 0.1) is 5.92 Å². The molecule has 0 radical (unpaired) electrons. The van der Waals surface area contributed by atoms with Gasteiger partial charge in [0.2, 0.25) is 17.6 Å². The maximum atomic E-state index is 13.0. The van der Waals surface area contributed by atoms with Gasteiger partial charge in [-0.1, -0.05) is 61.8 Å². The Bertz CT molecular complexity index is 1230. The summed E-state index contributed by atoms with van der Waals surface area (Å²) < 4.78 is 10.3. The highest BCUT2D eigenvalue weighted by Crippen LogP contribution is 2.27. The van der Waals surface area contributed by atoms with Crippen molar-refractivity contribution in [3.63, 3.8) is 0 Å². The van der Waals surface area contributed by atoms with Crippen molar-refractivity contribution in [2.24, 2.45) is 5.92 Å². The minimum Gasteiger partial charge on any atom is -0.465 e. The van der Waals surface area contributed by atoms with Gasteiger partial charge in [0.05, 0.1) is 35.8 Å². The molecule has 0 aliphatic carbocycles. The number of amides is 1. The summed E-state index contributed by atoms with van der Waals surface area (Å²) >= 11 is 6.24. The van der Waals surface area contributed by atoms with Crippen molar-refractivity contribution < 1.29 is 18.8 Å². The first kappa shape index (κ1) is 25.9. The number of esters is 1. The molecule has 2 aromatic carbocycles. The number of ether oxygens (including phenoxy) is 1. The monoisotopic (exact) mass is 510 g/mol. The standard InChI is InChI=1S/C27H31ClN4O4/c1-27(2,3)20-10-7-17(8-11-20)24-30-23(36-31-24)16-32-13-5-6-19(15-32)25(33)29-22-14-18(26(34)35-4)9-12-21(22)28/h7-12,14,19H,5-6,13,15-16H2,1-4H3,(H,29,33). The Kier molecular flexibility index (Phi) is 7.76. The molecule has 36 heavy (non-hydrogen) atoms. The van der Waals surface area contributed by atoms with Crippen LogP contribution in [0.3, 0.4) is 0 Å². The first-order valence-corrected chi connectivity index (χ1v) is 12.4. The van der Waals surface area contributed by atoms with Gasteiger partial charge in [0.1, 0.15) is 0 Å². The van der Waals surface area contributed by atoms with Gasteiger partial charge in [-0.3, -0.25) is 9.69 Å². The van der Waals surface area contributed by atoms with Gasteiger partial charge in [0.25, 0.3) is 0 Å². The third kappa shape index (κ3) is 6.12. The molecule has 0 bridgehead atoms. The molecule has 1 N–H and O–H groups in total. The Labute approximate surface area is 216 Å². The molecule has 1 aliphatic rings. The Balaban J connectivity index is 1.38. The van der Waals surface area contributed by atoms with E-state index >= 15 is 0 Å². The number of hydrogen-bond acceptors (Lipinski definition) is 7. The van der Waals surface area contributed by atoms with E-state index in [2.05, 4.69) is 53.3 Å². The number of halogens is 1. The number of rotatable bonds is 6. The first-order valence-electron chi connectivity index (χ1n) is 12.0. The number of nitrogens with zero attached hydrogens (tertiary/aromatic N) is 3. The van der Waals surface area contributed by atoms with E-state index in [1.807, 2.05) is 12.1 Å². The number of carbonyl (C=O) groups excluding carboxylic acids is 2. The Hall–Kier alpha value is -3.23. The van der Waals surface area contributed by atoms with Crippen LogP contribution in [0.4, 0.5) is 5.69 Å². The van der Waals surface area contributed by atoms with E-state index in [9.17, 15) is 9.59 Å². The van der Waals surface area contributed by atoms with Crippen molar-refractivity contribution in [3.05, 3.63) is 64.5 Å². The highest BCUT2D eigenvalue weighted by Gasteiger charge is 2.27. The van der Waals surface area contributed by atoms with E-state index in [0.717, 1.165) is 24.9 Å². The quantitative estimate of drug-likeness (QED) is 0.448. The molecule has 190 valence electrons. The zero-order chi connectivity index (χ0) is 25.9. The zero-order valence-electron chi connectivity index (χ0n) is 21.0. The van der Waals surface area contributed by atoms with Crippen LogP contribution in [-0.2, 0) is 21.5 Å². The van der Waals surface area contributed by atoms with E-state index in [1.54, 1.807) is 12.1 Å². The summed E-state index contributed by atoms with van der Waals surface area (Å²) in [7, 11) is 1.31. The maximum Gasteiger partial charge on any atom is 0.337 e. The Morgan fingerprint density at radius 2 is 1.94 bits per heavy atom. The van der Waals surface area contributed by atoms with Crippen LogP contribution in [0.2, 0.25) is 5.02 Å². The van der Waals surface area contributed by atoms with Crippen LogP contribution in [-0.4, -0.2) is 47.1 Å². The Morgan fingerprint density at radius 3 is 2.64 bits per heavy atom. The number of benzene rings is 2. The topological polar surface area (TPSA) is 97.6 Å². The average Bonchev–Trinajstić information content (AvgIpc) is 3.33. The maximum absolute atomic E-state index is 13.0. The molecule has 0 saturated carbocycles. The fourth-order valence-corrected chi connectivity index (χ4v) is 4.43. The number of carbonyl (C=O) groups is 2. The molecule has 1 atom stereocenters. The second-order valence-corrected chi connectivity index (χ2v) is 10.5. The fraction of sp³-hybridized carbons (Fsp3) is 0.407. The van der Waals surface area contributed by atoms with Crippen LogP contribution in [0.1, 0.15) is 55.4 Å². The number of likely N-dealkylation sites (tertiary alicyclic amines) is 1. The average molecular weight is 511 g/mol. The summed E-state index contributed by atoms with van der Waals surface area (Å²) in [6.45, 7) is 8.38. The molecule has 1 amide bonds. The van der Waals surface area contributed by atoms with Crippen molar-refractivity contribution >= 4 is 29.2 Å². The summed E-state index contributed by atoms with van der Waals surface area (Å²) in [5.74, 6) is 0.199. The van der Waals surface area contributed by atoms with Gasteiger partial charge >= 0.3 is 5.97 Å². The van der Waals surface area contributed by atoms with Gasteiger partial charge < -0.3 is 14.6 Å². The summed E-state index contributed by atoms with van der Waals surface area (Å²) in [5, 5.41) is 7.37. The van der Waals surface area contributed by atoms with Crippen molar-refractivity contribution in [2.45, 2.75) is 45.6 Å².